The van der Waals surface area contributed by atoms with Crippen LogP contribution in [0, 0.1) is 0 Å². The van der Waals surface area contributed by atoms with Crippen molar-refractivity contribution in [1.29, 1.82) is 0 Å². The van der Waals surface area contributed by atoms with Gasteiger partial charge in [-0.05, 0) is 40.0 Å². The number of nitrogens with one attached hydrogen (secondary N) is 2. The molecule has 5 nitrogen and oxygen atoms in total. The summed E-state index contributed by atoms with van der Waals surface area (Å²) in [5.74, 6) is -0.157. The number of rotatable bonds is 3. The van der Waals surface area contributed by atoms with Gasteiger partial charge in [0.2, 0.25) is 5.91 Å². The molecule has 0 atom stereocenters. The maximum atomic E-state index is 11.3. The van der Waals surface area contributed by atoms with Crippen molar-refractivity contribution in [1.82, 2.24) is 10.6 Å². The molecule has 1 aliphatic carbocycles. The van der Waals surface area contributed by atoms with Gasteiger partial charge in [0.15, 0.2) is 0 Å². The van der Waals surface area contributed by atoms with Gasteiger partial charge in [0, 0.05) is 6.04 Å². The van der Waals surface area contributed by atoms with Crippen LogP contribution in [0.1, 0.15) is 40.0 Å². The molecule has 5 heteroatoms. The SMILES string of the molecule is CC(C)(C)OC(=O)NCC(=O)NC1CCC1. The lowest BCUT2D eigenvalue weighted by Crippen LogP contribution is -2.45. The molecule has 1 aliphatic rings. The van der Waals surface area contributed by atoms with Crippen molar-refractivity contribution in [2.45, 2.75) is 51.7 Å². The van der Waals surface area contributed by atoms with Crippen LogP contribution >= 0.6 is 0 Å². The molecule has 0 bridgehead atoms. The quantitative estimate of drug-likeness (QED) is 0.762. The predicted molar refractivity (Wildman–Crippen MR) is 60.0 cm³/mol. The van der Waals surface area contributed by atoms with Crippen LogP contribution in [0.4, 0.5) is 4.79 Å². The molecular formula is C11H20N2O3. The maximum Gasteiger partial charge on any atom is 0.408 e. The Morgan fingerprint density at radius 1 is 1.31 bits per heavy atom. The first-order valence-corrected chi connectivity index (χ1v) is 5.63. The minimum absolute atomic E-state index is 0.0224. The van der Waals surface area contributed by atoms with Gasteiger partial charge in [0.1, 0.15) is 12.1 Å². The zero-order chi connectivity index (χ0) is 12.2. The summed E-state index contributed by atoms with van der Waals surface area (Å²) < 4.78 is 5.00. The Morgan fingerprint density at radius 2 is 1.94 bits per heavy atom. The molecule has 16 heavy (non-hydrogen) atoms. The number of amides is 2. The summed E-state index contributed by atoms with van der Waals surface area (Å²) in [6, 6.07) is 0.299. The highest BCUT2D eigenvalue weighted by molar-refractivity contribution is 5.82. The molecule has 1 saturated carbocycles. The number of hydrogen-bond donors (Lipinski definition) is 2. The average molecular weight is 228 g/mol. The second kappa shape index (κ2) is 5.18. The van der Waals surface area contributed by atoms with Gasteiger partial charge >= 0.3 is 6.09 Å². The smallest absolute Gasteiger partial charge is 0.408 e. The summed E-state index contributed by atoms with van der Waals surface area (Å²) in [6.45, 7) is 5.31. The fourth-order valence-corrected chi connectivity index (χ4v) is 1.30. The van der Waals surface area contributed by atoms with E-state index in [0.29, 0.717) is 6.04 Å². The molecule has 0 aromatic rings. The molecule has 0 heterocycles. The van der Waals surface area contributed by atoms with Gasteiger partial charge < -0.3 is 15.4 Å². The second-order valence-electron chi connectivity index (χ2n) is 5.05. The van der Waals surface area contributed by atoms with E-state index in [9.17, 15) is 9.59 Å². The van der Waals surface area contributed by atoms with Crippen LogP contribution in [-0.2, 0) is 9.53 Å². The zero-order valence-electron chi connectivity index (χ0n) is 10.1. The Morgan fingerprint density at radius 3 is 2.38 bits per heavy atom. The van der Waals surface area contributed by atoms with Crippen LogP contribution in [0.25, 0.3) is 0 Å². The molecule has 0 radical (unpaired) electrons. The molecule has 0 aliphatic heterocycles. The summed E-state index contributed by atoms with van der Waals surface area (Å²) in [7, 11) is 0. The van der Waals surface area contributed by atoms with Gasteiger partial charge in [-0.25, -0.2) is 4.79 Å². The van der Waals surface area contributed by atoms with Crippen molar-refractivity contribution in [3.63, 3.8) is 0 Å². The van der Waals surface area contributed by atoms with E-state index in [4.69, 9.17) is 4.74 Å². The Hall–Kier alpha value is -1.26. The largest absolute Gasteiger partial charge is 0.444 e. The van der Waals surface area contributed by atoms with Crippen LogP contribution in [0.2, 0.25) is 0 Å². The number of carbonyl (C=O) groups excluding carboxylic acids is 2. The first-order valence-electron chi connectivity index (χ1n) is 5.63. The van der Waals surface area contributed by atoms with Crippen molar-refractivity contribution in [2.75, 3.05) is 6.54 Å². The lowest BCUT2D eigenvalue weighted by Gasteiger charge is -2.26. The van der Waals surface area contributed by atoms with Gasteiger partial charge in [-0.1, -0.05) is 0 Å². The fraction of sp³-hybridized carbons (Fsp3) is 0.818. The van der Waals surface area contributed by atoms with Gasteiger partial charge in [-0.2, -0.15) is 0 Å². The van der Waals surface area contributed by atoms with Crippen LogP contribution in [0.5, 0.6) is 0 Å². The third-order valence-corrected chi connectivity index (χ3v) is 2.26. The fourth-order valence-electron chi connectivity index (χ4n) is 1.30. The van der Waals surface area contributed by atoms with E-state index >= 15 is 0 Å². The molecule has 1 fully saturated rings. The van der Waals surface area contributed by atoms with Crippen molar-refractivity contribution in [3.05, 3.63) is 0 Å². The summed E-state index contributed by atoms with van der Waals surface area (Å²) in [5.41, 5.74) is -0.533. The normalized spacial score (nSPS) is 16.2. The molecule has 1 rings (SSSR count). The lowest BCUT2D eigenvalue weighted by atomic mass is 9.93. The van der Waals surface area contributed by atoms with Crippen LogP contribution in [-0.4, -0.2) is 30.2 Å². The topological polar surface area (TPSA) is 67.4 Å². The highest BCUT2D eigenvalue weighted by Gasteiger charge is 2.20. The first kappa shape index (κ1) is 12.8. The van der Waals surface area contributed by atoms with Gasteiger partial charge in [0.05, 0.1) is 0 Å². The predicted octanol–water partition coefficient (Wildman–Crippen LogP) is 1.18. The van der Waals surface area contributed by atoms with Crippen molar-refractivity contribution >= 4 is 12.0 Å². The standard InChI is InChI=1S/C11H20N2O3/c1-11(2,3)16-10(15)12-7-9(14)13-8-5-4-6-8/h8H,4-7H2,1-3H3,(H,12,15)(H,13,14). The van der Waals surface area contributed by atoms with E-state index < -0.39 is 11.7 Å². The Bertz CT molecular complexity index is 267. The minimum atomic E-state index is -0.559. The molecule has 0 unspecified atom stereocenters. The summed E-state index contributed by atoms with van der Waals surface area (Å²) >= 11 is 0. The van der Waals surface area contributed by atoms with E-state index in [1.165, 1.54) is 6.42 Å². The second-order valence-corrected chi connectivity index (χ2v) is 5.05. The highest BCUT2D eigenvalue weighted by atomic mass is 16.6. The van der Waals surface area contributed by atoms with E-state index in [2.05, 4.69) is 10.6 Å². The maximum absolute atomic E-state index is 11.3. The highest BCUT2D eigenvalue weighted by Crippen LogP contribution is 2.17. The first-order chi connectivity index (χ1) is 7.37. The summed E-state index contributed by atoms with van der Waals surface area (Å²) in [6.07, 6.45) is 2.69. The average Bonchev–Trinajstić information content (AvgIpc) is 2.05. The van der Waals surface area contributed by atoms with Gasteiger partial charge in [-0.3, -0.25) is 4.79 Å². The van der Waals surface area contributed by atoms with E-state index in [1.807, 2.05) is 0 Å². The van der Waals surface area contributed by atoms with Crippen molar-refractivity contribution < 1.29 is 14.3 Å². The molecule has 2 N–H and O–H groups in total. The third-order valence-electron chi connectivity index (χ3n) is 2.26. The third kappa shape index (κ3) is 5.00. The molecule has 92 valence electrons. The van der Waals surface area contributed by atoms with Crippen LogP contribution in [0.3, 0.4) is 0 Å². The van der Waals surface area contributed by atoms with Crippen molar-refractivity contribution in [3.8, 4) is 0 Å². The molecule has 0 aromatic carbocycles. The molecule has 0 aromatic heterocycles. The zero-order valence-corrected chi connectivity index (χ0v) is 10.1. The molecule has 0 saturated heterocycles. The van der Waals surface area contributed by atoms with E-state index in [-0.39, 0.29) is 12.5 Å². The number of alkyl carbamates (subject to hydrolysis) is 1. The van der Waals surface area contributed by atoms with E-state index in [1.54, 1.807) is 20.8 Å². The van der Waals surface area contributed by atoms with Crippen LogP contribution in [0.15, 0.2) is 0 Å². The van der Waals surface area contributed by atoms with E-state index in [0.717, 1.165) is 12.8 Å². The minimum Gasteiger partial charge on any atom is -0.444 e. The molecule has 0 spiro atoms. The summed E-state index contributed by atoms with van der Waals surface area (Å²) in [4.78, 5) is 22.6. The summed E-state index contributed by atoms with van der Waals surface area (Å²) in [5, 5.41) is 5.24. The lowest BCUT2D eigenvalue weighted by molar-refractivity contribution is -0.121. The van der Waals surface area contributed by atoms with Gasteiger partial charge in [-0.15, -0.1) is 0 Å². The van der Waals surface area contributed by atoms with Crippen molar-refractivity contribution in [2.24, 2.45) is 0 Å². The molecular weight excluding hydrogens is 208 g/mol. The Balaban J connectivity index is 2.13. The number of carbonyl (C=O) groups is 2. The number of ether oxygens (including phenoxy) is 1. The van der Waals surface area contributed by atoms with Crippen LogP contribution < -0.4 is 10.6 Å². The molecule has 2 amide bonds. The Kier molecular flexibility index (Phi) is 4.15. The van der Waals surface area contributed by atoms with Gasteiger partial charge in [0.25, 0.3) is 0 Å². The monoisotopic (exact) mass is 228 g/mol. The Labute approximate surface area is 95.9 Å². The number of hydrogen-bond acceptors (Lipinski definition) is 3.